The second-order valence-corrected chi connectivity index (χ2v) is 4.81. The van der Waals surface area contributed by atoms with Gasteiger partial charge >= 0.3 is 5.97 Å². The maximum atomic E-state index is 13.1. The quantitative estimate of drug-likeness (QED) is 0.587. The van der Waals surface area contributed by atoms with Crippen molar-refractivity contribution < 1.29 is 23.4 Å². The van der Waals surface area contributed by atoms with Gasteiger partial charge in [0.15, 0.2) is 6.29 Å². The van der Waals surface area contributed by atoms with Gasteiger partial charge in [0, 0.05) is 26.0 Å². The zero-order valence-corrected chi connectivity index (χ0v) is 13.5. The van der Waals surface area contributed by atoms with Crippen molar-refractivity contribution in [2.45, 2.75) is 12.8 Å². The van der Waals surface area contributed by atoms with Gasteiger partial charge < -0.3 is 14.2 Å². The number of rotatable bonds is 6. The Morgan fingerprint density at radius 1 is 1.21 bits per heavy atom. The molecule has 2 rings (SSSR count). The summed E-state index contributed by atoms with van der Waals surface area (Å²) in [6.07, 6.45) is 0.411. The van der Waals surface area contributed by atoms with E-state index in [-0.39, 0.29) is 17.9 Å². The average molecular weight is 336 g/mol. The molecule has 8 heteroatoms. The molecule has 0 aliphatic rings. The van der Waals surface area contributed by atoms with E-state index in [1.807, 2.05) is 0 Å². The fraction of sp³-hybridized carbons (Fsp3) is 0.312. The highest BCUT2D eigenvalue weighted by atomic mass is 19.1. The summed E-state index contributed by atoms with van der Waals surface area (Å²) >= 11 is 0. The molecule has 0 amide bonds. The van der Waals surface area contributed by atoms with Gasteiger partial charge in [-0.1, -0.05) is 0 Å². The zero-order chi connectivity index (χ0) is 17.7. The Labute approximate surface area is 137 Å². The van der Waals surface area contributed by atoms with Crippen molar-refractivity contribution in [3.63, 3.8) is 0 Å². The molecule has 0 radical (unpaired) electrons. The van der Waals surface area contributed by atoms with Crippen molar-refractivity contribution in [1.29, 1.82) is 0 Å². The number of carbonyl (C=O) groups excluding carboxylic acids is 1. The highest BCUT2D eigenvalue weighted by Crippen LogP contribution is 2.17. The Bertz CT molecular complexity index is 769. The van der Waals surface area contributed by atoms with E-state index in [9.17, 15) is 14.0 Å². The predicted molar refractivity (Wildman–Crippen MR) is 83.0 cm³/mol. The first-order valence-electron chi connectivity index (χ1n) is 7.01. The number of hydrogen-bond acceptors (Lipinski definition) is 6. The van der Waals surface area contributed by atoms with Gasteiger partial charge in [-0.15, -0.1) is 0 Å². The van der Waals surface area contributed by atoms with Crippen LogP contribution in [0.2, 0.25) is 0 Å². The number of benzene rings is 1. The van der Waals surface area contributed by atoms with Gasteiger partial charge in [-0.05, 0) is 24.3 Å². The molecular formula is C16H17FN2O5. The molecule has 0 atom stereocenters. The van der Waals surface area contributed by atoms with Gasteiger partial charge in [-0.3, -0.25) is 9.36 Å². The molecule has 7 nitrogen and oxygen atoms in total. The van der Waals surface area contributed by atoms with Crippen molar-refractivity contribution in [3.8, 4) is 11.4 Å². The largest absolute Gasteiger partial charge is 0.465 e. The van der Waals surface area contributed by atoms with Crippen LogP contribution in [0.3, 0.4) is 0 Å². The van der Waals surface area contributed by atoms with Crippen LogP contribution in [-0.4, -0.2) is 43.1 Å². The number of esters is 1. The molecule has 1 aromatic heterocycles. The Kier molecular flexibility index (Phi) is 5.78. The molecule has 0 N–H and O–H groups in total. The number of halogens is 1. The first kappa shape index (κ1) is 17.8. The summed E-state index contributed by atoms with van der Waals surface area (Å²) < 4.78 is 29.2. The monoisotopic (exact) mass is 336 g/mol. The van der Waals surface area contributed by atoms with Gasteiger partial charge in [0.2, 0.25) is 0 Å². The molecule has 128 valence electrons. The summed E-state index contributed by atoms with van der Waals surface area (Å²) in [4.78, 5) is 28.5. The molecule has 1 aromatic carbocycles. The minimum absolute atomic E-state index is 0.00359. The summed E-state index contributed by atoms with van der Waals surface area (Å²) in [5.74, 6) is -0.949. The average Bonchev–Trinajstić information content (AvgIpc) is 2.60. The van der Waals surface area contributed by atoms with E-state index in [1.54, 1.807) is 0 Å². The molecular weight excluding hydrogens is 319 g/mol. The lowest BCUT2D eigenvalue weighted by molar-refractivity contribution is -0.111. The van der Waals surface area contributed by atoms with Gasteiger partial charge in [0.25, 0.3) is 5.56 Å². The van der Waals surface area contributed by atoms with E-state index >= 15 is 0 Å². The molecule has 0 saturated heterocycles. The standard InChI is InChI=1S/C16H17FN2O5/c1-22-13(23-2)9-19-14(10-4-6-11(17)7-5-10)18-8-12(15(19)20)16(21)24-3/h4-8,13H,9H2,1-3H3. The second-order valence-electron chi connectivity index (χ2n) is 4.81. The van der Waals surface area contributed by atoms with E-state index < -0.39 is 23.6 Å². The zero-order valence-electron chi connectivity index (χ0n) is 13.5. The number of carbonyl (C=O) groups is 1. The molecule has 0 saturated carbocycles. The van der Waals surface area contributed by atoms with Crippen molar-refractivity contribution in [2.24, 2.45) is 0 Å². The highest BCUT2D eigenvalue weighted by Gasteiger charge is 2.20. The molecule has 1 heterocycles. The Balaban J connectivity index is 2.61. The van der Waals surface area contributed by atoms with Crippen LogP contribution in [0.1, 0.15) is 10.4 Å². The summed E-state index contributed by atoms with van der Waals surface area (Å²) in [5, 5.41) is 0. The molecule has 0 aliphatic carbocycles. The summed E-state index contributed by atoms with van der Waals surface area (Å²) in [6.45, 7) is -0.00359. The van der Waals surface area contributed by atoms with Crippen molar-refractivity contribution in [3.05, 3.63) is 52.2 Å². The fourth-order valence-corrected chi connectivity index (χ4v) is 2.14. The summed E-state index contributed by atoms with van der Waals surface area (Å²) in [6, 6.07) is 5.48. The highest BCUT2D eigenvalue weighted by molar-refractivity contribution is 5.88. The topological polar surface area (TPSA) is 79.7 Å². The van der Waals surface area contributed by atoms with E-state index in [0.29, 0.717) is 5.56 Å². The first-order chi connectivity index (χ1) is 11.5. The van der Waals surface area contributed by atoms with Gasteiger partial charge in [-0.2, -0.15) is 0 Å². The smallest absolute Gasteiger partial charge is 0.345 e. The minimum Gasteiger partial charge on any atom is -0.465 e. The van der Waals surface area contributed by atoms with Crippen LogP contribution in [0.25, 0.3) is 11.4 Å². The molecule has 0 spiro atoms. The van der Waals surface area contributed by atoms with Crippen LogP contribution in [0.5, 0.6) is 0 Å². The van der Waals surface area contributed by atoms with Gasteiger partial charge in [0.1, 0.15) is 17.2 Å². The maximum absolute atomic E-state index is 13.1. The van der Waals surface area contributed by atoms with Crippen molar-refractivity contribution in [1.82, 2.24) is 9.55 Å². The molecule has 0 bridgehead atoms. The molecule has 24 heavy (non-hydrogen) atoms. The predicted octanol–water partition coefficient (Wildman–Crippen LogP) is 1.45. The second kappa shape index (κ2) is 7.80. The molecule has 0 unspecified atom stereocenters. The van der Waals surface area contributed by atoms with E-state index in [4.69, 9.17) is 9.47 Å². The summed E-state index contributed by atoms with van der Waals surface area (Å²) in [7, 11) is 4.02. The normalized spacial score (nSPS) is 10.9. The number of hydrogen-bond donors (Lipinski definition) is 0. The van der Waals surface area contributed by atoms with E-state index in [0.717, 1.165) is 6.20 Å². The third kappa shape index (κ3) is 3.66. The van der Waals surface area contributed by atoms with Gasteiger partial charge in [-0.25, -0.2) is 14.2 Å². The van der Waals surface area contributed by atoms with Crippen LogP contribution >= 0.6 is 0 Å². The SMILES string of the molecule is COC(=O)c1cnc(-c2ccc(F)cc2)n(CC(OC)OC)c1=O. The van der Waals surface area contributed by atoms with E-state index in [1.165, 1.54) is 50.2 Å². The third-order valence-corrected chi connectivity index (χ3v) is 3.41. The molecule has 2 aromatic rings. The lowest BCUT2D eigenvalue weighted by Gasteiger charge is -2.18. The Hall–Kier alpha value is -2.58. The fourth-order valence-electron chi connectivity index (χ4n) is 2.14. The number of nitrogens with zero attached hydrogens (tertiary/aromatic N) is 2. The minimum atomic E-state index is -0.793. The number of aromatic nitrogens is 2. The summed E-state index contributed by atoms with van der Waals surface area (Å²) in [5.41, 5.74) is -0.305. The lowest BCUT2D eigenvalue weighted by atomic mass is 10.2. The lowest BCUT2D eigenvalue weighted by Crippen LogP contribution is -2.34. The van der Waals surface area contributed by atoms with Crippen LogP contribution in [0.4, 0.5) is 4.39 Å². The molecule has 0 fully saturated rings. The van der Waals surface area contributed by atoms with Crippen molar-refractivity contribution >= 4 is 5.97 Å². The number of ether oxygens (including phenoxy) is 3. The maximum Gasteiger partial charge on any atom is 0.345 e. The first-order valence-corrected chi connectivity index (χ1v) is 7.01. The van der Waals surface area contributed by atoms with Crippen LogP contribution in [0.15, 0.2) is 35.3 Å². The molecule has 0 aliphatic heterocycles. The Morgan fingerprint density at radius 3 is 2.38 bits per heavy atom. The number of methoxy groups -OCH3 is 3. The van der Waals surface area contributed by atoms with Crippen LogP contribution in [0, 0.1) is 5.82 Å². The van der Waals surface area contributed by atoms with E-state index in [2.05, 4.69) is 9.72 Å². The van der Waals surface area contributed by atoms with Crippen LogP contribution in [-0.2, 0) is 20.8 Å². The van der Waals surface area contributed by atoms with Gasteiger partial charge in [0.05, 0.1) is 13.7 Å². The Morgan fingerprint density at radius 2 is 1.83 bits per heavy atom. The third-order valence-electron chi connectivity index (χ3n) is 3.41. The van der Waals surface area contributed by atoms with Crippen LogP contribution < -0.4 is 5.56 Å². The van der Waals surface area contributed by atoms with Crippen molar-refractivity contribution in [2.75, 3.05) is 21.3 Å².